The third-order valence-corrected chi connectivity index (χ3v) is 4.62. The van der Waals surface area contributed by atoms with Crippen LogP contribution in [0.1, 0.15) is 17.3 Å². The predicted molar refractivity (Wildman–Crippen MR) is 101 cm³/mol. The molecule has 1 fully saturated rings. The summed E-state index contributed by atoms with van der Waals surface area (Å²) in [6, 6.07) is 13.5. The topological polar surface area (TPSA) is 44.8 Å². The number of nitrogens with one attached hydrogen (secondary N) is 1. The van der Waals surface area contributed by atoms with E-state index in [0.717, 1.165) is 19.6 Å². The maximum Gasteiger partial charge on any atom is 0.387 e. The molecule has 1 heterocycles. The lowest BCUT2D eigenvalue weighted by Gasteiger charge is -2.34. The van der Waals surface area contributed by atoms with E-state index in [2.05, 4.69) is 21.9 Å². The van der Waals surface area contributed by atoms with Crippen LogP contribution in [0.2, 0.25) is 0 Å². The minimum atomic E-state index is -2.85. The van der Waals surface area contributed by atoms with E-state index >= 15 is 0 Å². The molecular formula is C20H23F2N3O2. The molecule has 0 spiro atoms. The van der Waals surface area contributed by atoms with E-state index in [1.54, 1.807) is 18.2 Å². The zero-order valence-electron chi connectivity index (χ0n) is 15.2. The van der Waals surface area contributed by atoms with Gasteiger partial charge in [-0.25, -0.2) is 0 Å². The smallest absolute Gasteiger partial charge is 0.387 e. The van der Waals surface area contributed by atoms with Gasteiger partial charge in [-0.2, -0.15) is 8.78 Å². The molecule has 5 nitrogen and oxygen atoms in total. The molecule has 1 saturated heterocycles. The Balaban J connectivity index is 1.71. The van der Waals surface area contributed by atoms with Crippen molar-refractivity contribution in [1.82, 2.24) is 9.80 Å². The molecule has 144 valence electrons. The van der Waals surface area contributed by atoms with Crippen LogP contribution in [0.15, 0.2) is 48.5 Å². The van der Waals surface area contributed by atoms with Crippen molar-refractivity contribution in [2.24, 2.45) is 0 Å². The first-order chi connectivity index (χ1) is 13.1. The first-order valence-corrected chi connectivity index (χ1v) is 8.99. The van der Waals surface area contributed by atoms with E-state index in [1.165, 1.54) is 12.1 Å². The number of alkyl halides is 2. The van der Waals surface area contributed by atoms with Crippen molar-refractivity contribution < 1.29 is 18.3 Å². The number of rotatable bonds is 6. The number of likely N-dealkylation sites (N-methyl/N-ethyl adjacent to an activating group) is 1. The van der Waals surface area contributed by atoms with Gasteiger partial charge in [0.2, 0.25) is 0 Å². The number of halogens is 2. The Morgan fingerprint density at radius 3 is 2.37 bits per heavy atom. The average molecular weight is 375 g/mol. The third-order valence-electron chi connectivity index (χ3n) is 4.62. The highest BCUT2D eigenvalue weighted by molar-refractivity contribution is 6.00. The van der Waals surface area contributed by atoms with Gasteiger partial charge in [-0.05, 0) is 42.9 Å². The molecule has 2 aromatic carbocycles. The molecule has 1 amide bonds. The Bertz CT molecular complexity index is 760. The summed E-state index contributed by atoms with van der Waals surface area (Å²) in [4.78, 5) is 17.1. The monoisotopic (exact) mass is 375 g/mol. The van der Waals surface area contributed by atoms with E-state index < -0.39 is 6.61 Å². The van der Waals surface area contributed by atoms with Crippen LogP contribution in [0, 0.1) is 0 Å². The number of benzene rings is 2. The number of piperazine rings is 1. The van der Waals surface area contributed by atoms with Crippen LogP contribution in [0.4, 0.5) is 20.2 Å². The summed E-state index contributed by atoms with van der Waals surface area (Å²) in [7, 11) is 0. The number of carbonyl (C=O) groups is 1. The zero-order valence-corrected chi connectivity index (χ0v) is 15.2. The number of carbonyl (C=O) groups excluding carboxylic acids is 1. The second-order valence-corrected chi connectivity index (χ2v) is 6.30. The van der Waals surface area contributed by atoms with Gasteiger partial charge in [0.05, 0.1) is 11.3 Å². The predicted octanol–water partition coefficient (Wildman–Crippen LogP) is 3.81. The maximum atomic E-state index is 12.9. The molecule has 1 aliphatic rings. The molecule has 7 heteroatoms. The Morgan fingerprint density at radius 2 is 1.74 bits per heavy atom. The van der Waals surface area contributed by atoms with Gasteiger partial charge >= 0.3 is 6.61 Å². The van der Waals surface area contributed by atoms with E-state index in [9.17, 15) is 13.6 Å². The third kappa shape index (κ3) is 4.95. The number of hydrogen-bond donors (Lipinski definition) is 1. The lowest BCUT2D eigenvalue weighted by Crippen LogP contribution is -2.48. The van der Waals surface area contributed by atoms with Crippen LogP contribution in [-0.2, 0) is 0 Å². The summed E-state index contributed by atoms with van der Waals surface area (Å²) < 4.78 is 28.9. The second kappa shape index (κ2) is 8.81. The summed E-state index contributed by atoms with van der Waals surface area (Å²) in [6.45, 7) is 3.43. The second-order valence-electron chi connectivity index (χ2n) is 6.30. The molecule has 0 saturated carbocycles. The van der Waals surface area contributed by atoms with Crippen LogP contribution in [0.5, 0.6) is 5.75 Å². The van der Waals surface area contributed by atoms with Crippen molar-refractivity contribution in [2.75, 3.05) is 38.0 Å². The van der Waals surface area contributed by atoms with Crippen molar-refractivity contribution in [3.05, 3.63) is 54.1 Å². The van der Waals surface area contributed by atoms with Crippen LogP contribution in [-0.4, -0.2) is 55.0 Å². The van der Waals surface area contributed by atoms with Gasteiger partial charge in [0.25, 0.3) is 5.91 Å². The van der Waals surface area contributed by atoms with Gasteiger partial charge in [0.1, 0.15) is 5.75 Å². The van der Waals surface area contributed by atoms with Crippen molar-refractivity contribution in [3.8, 4) is 5.75 Å². The molecule has 0 radical (unpaired) electrons. The molecule has 0 atom stereocenters. The summed E-state index contributed by atoms with van der Waals surface area (Å²) in [5.41, 5.74) is 1.96. The largest absolute Gasteiger partial charge is 0.435 e. The zero-order chi connectivity index (χ0) is 19.2. The highest BCUT2D eigenvalue weighted by Crippen LogP contribution is 2.25. The lowest BCUT2D eigenvalue weighted by molar-refractivity contribution is -0.0498. The highest BCUT2D eigenvalue weighted by atomic mass is 19.3. The fourth-order valence-corrected chi connectivity index (χ4v) is 3.09. The quantitative estimate of drug-likeness (QED) is 0.834. The molecule has 1 aliphatic heterocycles. The van der Waals surface area contributed by atoms with E-state index in [4.69, 9.17) is 0 Å². The van der Waals surface area contributed by atoms with Gasteiger partial charge in [-0.1, -0.05) is 19.1 Å². The molecule has 27 heavy (non-hydrogen) atoms. The summed E-state index contributed by atoms with van der Waals surface area (Å²) in [5.74, 6) is 0.0835. The molecule has 3 rings (SSSR count). The molecule has 0 aliphatic carbocycles. The Morgan fingerprint density at radius 1 is 1.07 bits per heavy atom. The van der Waals surface area contributed by atoms with Gasteiger partial charge in [0, 0.05) is 31.9 Å². The number of hydrogen-bond acceptors (Lipinski definition) is 4. The van der Waals surface area contributed by atoms with Crippen molar-refractivity contribution in [3.63, 3.8) is 0 Å². The first kappa shape index (κ1) is 19.1. The normalized spacial score (nSPS) is 15.0. The fraction of sp³-hybridized carbons (Fsp3) is 0.350. The fourth-order valence-electron chi connectivity index (χ4n) is 3.09. The summed E-state index contributed by atoms with van der Waals surface area (Å²) >= 11 is 0. The molecule has 0 bridgehead atoms. The SMILES string of the molecule is CCN1CCN(C(=O)c2ccccc2Nc2ccc(OC(F)F)cc2)CC1. The Kier molecular flexibility index (Phi) is 6.24. The molecule has 1 N–H and O–H groups in total. The number of ether oxygens (including phenoxy) is 1. The van der Waals surface area contributed by atoms with Crippen LogP contribution in [0.25, 0.3) is 0 Å². The Hall–Kier alpha value is -2.67. The number of amides is 1. The van der Waals surface area contributed by atoms with E-state index in [-0.39, 0.29) is 11.7 Å². The van der Waals surface area contributed by atoms with Gasteiger partial charge < -0.3 is 19.9 Å². The number of anilines is 2. The molecular weight excluding hydrogens is 352 g/mol. The van der Waals surface area contributed by atoms with Crippen LogP contribution < -0.4 is 10.1 Å². The maximum absolute atomic E-state index is 12.9. The van der Waals surface area contributed by atoms with Gasteiger partial charge in [-0.15, -0.1) is 0 Å². The van der Waals surface area contributed by atoms with Gasteiger partial charge in [0.15, 0.2) is 0 Å². The molecule has 0 aromatic heterocycles. The van der Waals surface area contributed by atoms with Crippen LogP contribution in [0.3, 0.4) is 0 Å². The first-order valence-electron chi connectivity index (χ1n) is 8.99. The highest BCUT2D eigenvalue weighted by Gasteiger charge is 2.23. The lowest BCUT2D eigenvalue weighted by atomic mass is 10.1. The standard InChI is InChI=1S/C20H23F2N3O2/c1-2-24-11-13-25(14-12-24)19(26)17-5-3-4-6-18(17)23-15-7-9-16(10-8-15)27-20(21)22/h3-10,20,23H,2,11-14H2,1H3. The minimum Gasteiger partial charge on any atom is -0.435 e. The Labute approximate surface area is 157 Å². The van der Waals surface area contributed by atoms with Crippen molar-refractivity contribution in [1.29, 1.82) is 0 Å². The van der Waals surface area contributed by atoms with Crippen LogP contribution >= 0.6 is 0 Å². The summed E-state index contributed by atoms with van der Waals surface area (Å²) in [5, 5.41) is 3.19. The number of nitrogens with zero attached hydrogens (tertiary/aromatic N) is 2. The van der Waals surface area contributed by atoms with E-state index in [0.29, 0.717) is 30.0 Å². The average Bonchev–Trinajstić information content (AvgIpc) is 2.69. The van der Waals surface area contributed by atoms with E-state index in [1.807, 2.05) is 23.1 Å². The molecule has 0 unspecified atom stereocenters. The number of para-hydroxylation sites is 1. The molecule has 2 aromatic rings. The van der Waals surface area contributed by atoms with Gasteiger partial charge in [-0.3, -0.25) is 4.79 Å². The summed E-state index contributed by atoms with van der Waals surface area (Å²) in [6.07, 6.45) is 0. The minimum absolute atomic E-state index is 0.00786. The van der Waals surface area contributed by atoms with Crippen molar-refractivity contribution >= 4 is 17.3 Å². The van der Waals surface area contributed by atoms with Crippen molar-refractivity contribution in [2.45, 2.75) is 13.5 Å².